The quantitative estimate of drug-likeness (QED) is 0.335. The summed E-state index contributed by atoms with van der Waals surface area (Å²) in [6.45, 7) is 2.38. The summed E-state index contributed by atoms with van der Waals surface area (Å²) in [4.78, 5) is 27.5. The van der Waals surface area contributed by atoms with Gasteiger partial charge in [-0.05, 0) is 71.6 Å². The first-order valence-corrected chi connectivity index (χ1v) is 11.6. The van der Waals surface area contributed by atoms with Crippen LogP contribution in [-0.4, -0.2) is 11.8 Å². The van der Waals surface area contributed by atoms with Crippen LogP contribution >= 0.6 is 0 Å². The number of nitrogens with zero attached hydrogens (tertiary/aromatic N) is 1. The molecule has 0 bridgehead atoms. The number of carbonyl (C=O) groups is 2. The molecular formula is C30H26F2N2O2. The lowest BCUT2D eigenvalue weighted by Crippen LogP contribution is -2.31. The lowest BCUT2D eigenvalue weighted by Gasteiger charge is -2.24. The van der Waals surface area contributed by atoms with E-state index in [9.17, 15) is 18.4 Å². The molecule has 0 aromatic heterocycles. The fraction of sp³-hybridized carbons (Fsp3) is 0.133. The first kappa shape index (κ1) is 24.8. The van der Waals surface area contributed by atoms with E-state index in [0.29, 0.717) is 23.4 Å². The second-order valence-corrected chi connectivity index (χ2v) is 8.58. The summed E-state index contributed by atoms with van der Waals surface area (Å²) in [5, 5.41) is 2.83. The highest BCUT2D eigenvalue weighted by Gasteiger charge is 2.20. The van der Waals surface area contributed by atoms with Crippen LogP contribution < -0.4 is 10.2 Å². The third-order valence-electron chi connectivity index (χ3n) is 5.87. The standard InChI is InChI=1S/C30H26F2N2O2/c1-21-5-2-3-8-28(21)30(36)34(20-24-6-4-7-26(32)17-24)27-15-11-22(12-16-27)18-29(35)33-19-23-9-13-25(31)14-10-23/h2-17H,18-20H2,1H3,(H,33,35). The highest BCUT2D eigenvalue weighted by Crippen LogP contribution is 2.23. The maximum absolute atomic E-state index is 13.8. The van der Waals surface area contributed by atoms with Crippen molar-refractivity contribution in [2.75, 3.05) is 4.90 Å². The smallest absolute Gasteiger partial charge is 0.258 e. The Hall–Kier alpha value is -4.32. The average molecular weight is 485 g/mol. The third kappa shape index (κ3) is 6.42. The van der Waals surface area contributed by atoms with Crippen molar-refractivity contribution in [3.05, 3.63) is 137 Å². The zero-order valence-corrected chi connectivity index (χ0v) is 19.9. The summed E-state index contributed by atoms with van der Waals surface area (Å²) in [5.74, 6) is -1.04. The van der Waals surface area contributed by atoms with Gasteiger partial charge in [-0.25, -0.2) is 8.78 Å². The molecule has 4 aromatic carbocycles. The van der Waals surface area contributed by atoms with E-state index in [1.54, 1.807) is 59.5 Å². The number of amides is 2. The SMILES string of the molecule is Cc1ccccc1C(=O)N(Cc1cccc(F)c1)c1ccc(CC(=O)NCc2ccc(F)cc2)cc1. The lowest BCUT2D eigenvalue weighted by atomic mass is 10.1. The van der Waals surface area contributed by atoms with Gasteiger partial charge in [0.25, 0.3) is 5.91 Å². The van der Waals surface area contributed by atoms with E-state index in [0.717, 1.165) is 16.7 Å². The summed E-state index contributed by atoms with van der Waals surface area (Å²) < 4.78 is 26.9. The molecule has 36 heavy (non-hydrogen) atoms. The zero-order chi connectivity index (χ0) is 25.5. The molecular weight excluding hydrogens is 458 g/mol. The number of halogens is 2. The molecule has 0 spiro atoms. The van der Waals surface area contributed by atoms with Crippen molar-refractivity contribution < 1.29 is 18.4 Å². The van der Waals surface area contributed by atoms with Crippen molar-refractivity contribution in [2.24, 2.45) is 0 Å². The molecule has 0 atom stereocenters. The topological polar surface area (TPSA) is 49.4 Å². The number of benzene rings is 4. The largest absolute Gasteiger partial charge is 0.352 e. The molecule has 4 aromatic rings. The fourth-order valence-electron chi connectivity index (χ4n) is 3.90. The van der Waals surface area contributed by atoms with Gasteiger partial charge in [0.2, 0.25) is 5.91 Å². The van der Waals surface area contributed by atoms with Gasteiger partial charge < -0.3 is 10.2 Å². The van der Waals surface area contributed by atoms with Crippen LogP contribution in [0.2, 0.25) is 0 Å². The second kappa shape index (κ2) is 11.4. The monoisotopic (exact) mass is 484 g/mol. The van der Waals surface area contributed by atoms with Gasteiger partial charge in [0.05, 0.1) is 13.0 Å². The molecule has 0 heterocycles. The van der Waals surface area contributed by atoms with Crippen LogP contribution in [0.3, 0.4) is 0 Å². The Balaban J connectivity index is 1.49. The summed E-state index contributed by atoms with van der Waals surface area (Å²) in [5.41, 5.74) is 4.32. The predicted octanol–water partition coefficient (Wildman–Crippen LogP) is 5.98. The minimum atomic E-state index is -0.363. The molecule has 2 amide bonds. The van der Waals surface area contributed by atoms with Gasteiger partial charge in [-0.1, -0.05) is 54.6 Å². The van der Waals surface area contributed by atoms with E-state index in [1.807, 2.05) is 25.1 Å². The number of hydrogen-bond acceptors (Lipinski definition) is 2. The van der Waals surface area contributed by atoms with E-state index < -0.39 is 0 Å². The van der Waals surface area contributed by atoms with Crippen molar-refractivity contribution in [1.29, 1.82) is 0 Å². The number of rotatable bonds is 8. The summed E-state index contributed by atoms with van der Waals surface area (Å²) in [6.07, 6.45) is 0.164. The summed E-state index contributed by atoms with van der Waals surface area (Å²) >= 11 is 0. The molecule has 0 saturated carbocycles. The van der Waals surface area contributed by atoms with Gasteiger partial charge in [0.15, 0.2) is 0 Å². The van der Waals surface area contributed by atoms with Gasteiger partial charge in [0, 0.05) is 17.8 Å². The molecule has 0 saturated heterocycles. The third-order valence-corrected chi connectivity index (χ3v) is 5.87. The Morgan fingerprint density at radius 2 is 1.44 bits per heavy atom. The maximum Gasteiger partial charge on any atom is 0.258 e. The minimum Gasteiger partial charge on any atom is -0.352 e. The van der Waals surface area contributed by atoms with E-state index >= 15 is 0 Å². The summed E-state index contributed by atoms with van der Waals surface area (Å²) in [7, 11) is 0. The Morgan fingerprint density at radius 1 is 0.750 bits per heavy atom. The van der Waals surface area contributed by atoms with Crippen LogP contribution in [-0.2, 0) is 24.3 Å². The molecule has 0 aliphatic carbocycles. The van der Waals surface area contributed by atoms with Crippen LogP contribution in [0.25, 0.3) is 0 Å². The second-order valence-electron chi connectivity index (χ2n) is 8.58. The number of nitrogens with one attached hydrogen (secondary N) is 1. The molecule has 0 aliphatic heterocycles. The molecule has 1 N–H and O–H groups in total. The molecule has 0 unspecified atom stereocenters. The lowest BCUT2D eigenvalue weighted by molar-refractivity contribution is -0.120. The molecule has 4 rings (SSSR count). The van der Waals surface area contributed by atoms with Crippen molar-refractivity contribution in [2.45, 2.75) is 26.4 Å². The number of hydrogen-bond donors (Lipinski definition) is 1. The van der Waals surface area contributed by atoms with E-state index in [-0.39, 0.29) is 36.4 Å². The zero-order valence-electron chi connectivity index (χ0n) is 19.9. The Kier molecular flexibility index (Phi) is 7.85. The molecule has 4 nitrogen and oxygen atoms in total. The van der Waals surface area contributed by atoms with Crippen LogP contribution in [0.4, 0.5) is 14.5 Å². The van der Waals surface area contributed by atoms with Crippen LogP contribution in [0.15, 0.2) is 97.1 Å². The Labute approximate surface area is 209 Å². The van der Waals surface area contributed by atoms with Gasteiger partial charge in [0.1, 0.15) is 11.6 Å². The Bertz CT molecular complexity index is 1350. The molecule has 182 valence electrons. The number of aryl methyl sites for hydroxylation is 1. The van der Waals surface area contributed by atoms with Crippen LogP contribution in [0.1, 0.15) is 32.6 Å². The van der Waals surface area contributed by atoms with Crippen molar-refractivity contribution in [3.63, 3.8) is 0 Å². The molecule has 6 heteroatoms. The highest BCUT2D eigenvalue weighted by molar-refractivity contribution is 6.07. The van der Waals surface area contributed by atoms with Gasteiger partial charge >= 0.3 is 0 Å². The van der Waals surface area contributed by atoms with Crippen molar-refractivity contribution >= 4 is 17.5 Å². The van der Waals surface area contributed by atoms with E-state index in [4.69, 9.17) is 0 Å². The van der Waals surface area contributed by atoms with E-state index in [2.05, 4.69) is 5.32 Å². The van der Waals surface area contributed by atoms with Crippen molar-refractivity contribution in [3.8, 4) is 0 Å². The number of carbonyl (C=O) groups excluding carboxylic acids is 2. The predicted molar refractivity (Wildman–Crippen MR) is 136 cm³/mol. The van der Waals surface area contributed by atoms with Crippen LogP contribution in [0, 0.1) is 18.6 Å². The summed E-state index contributed by atoms with van der Waals surface area (Å²) in [6, 6.07) is 26.7. The molecule has 0 radical (unpaired) electrons. The highest BCUT2D eigenvalue weighted by atomic mass is 19.1. The van der Waals surface area contributed by atoms with Gasteiger partial charge in [-0.2, -0.15) is 0 Å². The van der Waals surface area contributed by atoms with Gasteiger partial charge in [-0.15, -0.1) is 0 Å². The van der Waals surface area contributed by atoms with E-state index in [1.165, 1.54) is 24.3 Å². The minimum absolute atomic E-state index is 0.164. The normalized spacial score (nSPS) is 10.6. The average Bonchev–Trinajstić information content (AvgIpc) is 2.87. The molecule has 0 aliphatic rings. The van der Waals surface area contributed by atoms with Crippen molar-refractivity contribution in [1.82, 2.24) is 5.32 Å². The first-order valence-electron chi connectivity index (χ1n) is 11.6. The van der Waals surface area contributed by atoms with Crippen LogP contribution in [0.5, 0.6) is 0 Å². The molecule has 0 fully saturated rings. The number of anilines is 1. The fourth-order valence-corrected chi connectivity index (χ4v) is 3.90. The first-order chi connectivity index (χ1) is 17.4. The maximum atomic E-state index is 13.8. The Morgan fingerprint density at radius 3 is 2.14 bits per heavy atom. The van der Waals surface area contributed by atoms with Gasteiger partial charge in [-0.3, -0.25) is 9.59 Å².